The van der Waals surface area contributed by atoms with E-state index in [1.54, 1.807) is 31.4 Å². The van der Waals surface area contributed by atoms with E-state index in [1.807, 2.05) is 6.92 Å². The minimum Gasteiger partial charge on any atom is -0.497 e. The van der Waals surface area contributed by atoms with Gasteiger partial charge in [-0.3, -0.25) is 4.79 Å². The van der Waals surface area contributed by atoms with Crippen LogP contribution in [0, 0.1) is 0 Å². The summed E-state index contributed by atoms with van der Waals surface area (Å²) in [6.45, 7) is 6.35. The highest BCUT2D eigenvalue weighted by Crippen LogP contribution is 2.11. The quantitative estimate of drug-likeness (QED) is 0.772. The van der Waals surface area contributed by atoms with E-state index in [-0.39, 0.29) is 5.91 Å². The van der Waals surface area contributed by atoms with Crippen LogP contribution in [0.5, 0.6) is 5.75 Å². The zero-order valence-corrected chi connectivity index (χ0v) is 9.75. The van der Waals surface area contributed by atoms with Crippen LogP contribution in [0.1, 0.15) is 23.7 Å². The van der Waals surface area contributed by atoms with Crippen molar-refractivity contribution >= 4 is 5.91 Å². The topological polar surface area (TPSA) is 38.3 Å². The molecule has 0 spiro atoms. The van der Waals surface area contributed by atoms with E-state index in [4.69, 9.17) is 4.74 Å². The summed E-state index contributed by atoms with van der Waals surface area (Å²) in [4.78, 5) is 11.6. The normalized spacial score (nSPS) is 9.62. The molecule has 0 aliphatic heterocycles. The van der Waals surface area contributed by atoms with Gasteiger partial charge in [0.05, 0.1) is 7.11 Å². The van der Waals surface area contributed by atoms with Crippen molar-refractivity contribution in [2.45, 2.75) is 13.3 Å². The summed E-state index contributed by atoms with van der Waals surface area (Å²) >= 11 is 0. The maximum atomic E-state index is 11.6. The lowest BCUT2D eigenvalue weighted by molar-refractivity contribution is 0.0954. The number of hydrogen-bond acceptors (Lipinski definition) is 2. The number of nitrogens with one attached hydrogen (secondary N) is 1. The second kappa shape index (κ2) is 5.95. The summed E-state index contributed by atoms with van der Waals surface area (Å²) < 4.78 is 5.02. The summed E-state index contributed by atoms with van der Waals surface area (Å²) in [6.07, 6.45) is 0.807. The Morgan fingerprint density at radius 1 is 1.38 bits per heavy atom. The highest BCUT2D eigenvalue weighted by molar-refractivity contribution is 5.94. The van der Waals surface area contributed by atoms with E-state index in [2.05, 4.69) is 11.9 Å². The number of methoxy groups -OCH3 is 1. The molecule has 1 aromatic carbocycles. The molecule has 3 nitrogen and oxygen atoms in total. The maximum Gasteiger partial charge on any atom is 0.251 e. The molecular weight excluding hydrogens is 202 g/mol. The van der Waals surface area contributed by atoms with Crippen LogP contribution in [0.4, 0.5) is 0 Å². The zero-order valence-electron chi connectivity index (χ0n) is 9.75. The first-order valence-corrected chi connectivity index (χ1v) is 5.20. The van der Waals surface area contributed by atoms with Crippen molar-refractivity contribution in [3.8, 4) is 5.75 Å². The van der Waals surface area contributed by atoms with Gasteiger partial charge in [0.25, 0.3) is 5.91 Å². The Labute approximate surface area is 96.1 Å². The second-order valence-electron chi connectivity index (χ2n) is 3.69. The molecule has 0 aliphatic carbocycles. The van der Waals surface area contributed by atoms with E-state index >= 15 is 0 Å². The molecule has 0 bridgehead atoms. The molecule has 1 rings (SSSR count). The molecule has 0 radical (unpaired) electrons. The molecule has 0 saturated heterocycles. The fourth-order valence-electron chi connectivity index (χ4n) is 1.23. The van der Waals surface area contributed by atoms with Gasteiger partial charge >= 0.3 is 0 Å². The minimum absolute atomic E-state index is 0.0658. The van der Waals surface area contributed by atoms with Crippen molar-refractivity contribution in [3.63, 3.8) is 0 Å². The van der Waals surface area contributed by atoms with E-state index in [0.717, 1.165) is 17.7 Å². The fraction of sp³-hybridized carbons (Fsp3) is 0.308. The Balaban J connectivity index is 2.49. The van der Waals surface area contributed by atoms with Gasteiger partial charge in [0.15, 0.2) is 0 Å². The van der Waals surface area contributed by atoms with Gasteiger partial charge < -0.3 is 10.1 Å². The lowest BCUT2D eigenvalue weighted by Gasteiger charge is -2.05. The van der Waals surface area contributed by atoms with Gasteiger partial charge in [-0.15, -0.1) is 6.58 Å². The third-order valence-corrected chi connectivity index (χ3v) is 2.19. The molecule has 0 aliphatic rings. The summed E-state index contributed by atoms with van der Waals surface area (Å²) in [5, 5.41) is 2.83. The first-order valence-electron chi connectivity index (χ1n) is 5.20. The van der Waals surface area contributed by atoms with E-state index in [1.165, 1.54) is 0 Å². The number of rotatable bonds is 5. The smallest absolute Gasteiger partial charge is 0.251 e. The molecule has 86 valence electrons. The minimum atomic E-state index is -0.0658. The van der Waals surface area contributed by atoms with Crippen molar-refractivity contribution in [1.29, 1.82) is 0 Å². The van der Waals surface area contributed by atoms with Crippen molar-refractivity contribution < 1.29 is 9.53 Å². The van der Waals surface area contributed by atoms with Gasteiger partial charge in [0.2, 0.25) is 0 Å². The molecule has 1 amide bonds. The Hall–Kier alpha value is -1.77. The Morgan fingerprint density at radius 3 is 2.50 bits per heavy atom. The SMILES string of the molecule is C=C(C)CCNC(=O)c1ccc(OC)cc1. The zero-order chi connectivity index (χ0) is 12.0. The molecule has 0 atom stereocenters. The first-order chi connectivity index (χ1) is 7.63. The number of carbonyl (C=O) groups is 1. The molecular formula is C13H17NO2. The highest BCUT2D eigenvalue weighted by atomic mass is 16.5. The number of benzene rings is 1. The average molecular weight is 219 g/mol. The number of hydrogen-bond donors (Lipinski definition) is 1. The van der Waals surface area contributed by atoms with Gasteiger partial charge in [-0.25, -0.2) is 0 Å². The molecule has 0 unspecified atom stereocenters. The largest absolute Gasteiger partial charge is 0.497 e. The van der Waals surface area contributed by atoms with Crippen LogP contribution in [0.15, 0.2) is 36.4 Å². The number of carbonyl (C=O) groups excluding carboxylic acids is 1. The van der Waals surface area contributed by atoms with E-state index in [9.17, 15) is 4.79 Å². The molecule has 0 fully saturated rings. The molecule has 16 heavy (non-hydrogen) atoms. The molecule has 1 aromatic rings. The summed E-state index contributed by atoms with van der Waals surface area (Å²) in [6, 6.07) is 7.03. The fourth-order valence-corrected chi connectivity index (χ4v) is 1.23. The monoisotopic (exact) mass is 219 g/mol. The van der Waals surface area contributed by atoms with Gasteiger partial charge in [0.1, 0.15) is 5.75 Å². The van der Waals surface area contributed by atoms with E-state index < -0.39 is 0 Å². The summed E-state index contributed by atoms with van der Waals surface area (Å²) in [7, 11) is 1.60. The third-order valence-electron chi connectivity index (χ3n) is 2.19. The van der Waals surface area contributed by atoms with Gasteiger partial charge in [-0.2, -0.15) is 0 Å². The molecule has 3 heteroatoms. The van der Waals surface area contributed by atoms with Crippen LogP contribution in [-0.2, 0) is 0 Å². The molecule has 1 N–H and O–H groups in total. The first kappa shape index (κ1) is 12.3. The third kappa shape index (κ3) is 3.77. The van der Waals surface area contributed by atoms with Crippen LogP contribution < -0.4 is 10.1 Å². The number of ether oxygens (including phenoxy) is 1. The molecule has 0 aromatic heterocycles. The molecule has 0 saturated carbocycles. The van der Waals surface area contributed by atoms with Crippen molar-refractivity contribution in [2.24, 2.45) is 0 Å². The lowest BCUT2D eigenvalue weighted by atomic mass is 10.2. The van der Waals surface area contributed by atoms with Gasteiger partial charge in [0, 0.05) is 12.1 Å². The van der Waals surface area contributed by atoms with Crippen molar-refractivity contribution in [3.05, 3.63) is 42.0 Å². The average Bonchev–Trinajstić information content (AvgIpc) is 2.28. The predicted octanol–water partition coefficient (Wildman–Crippen LogP) is 2.39. The van der Waals surface area contributed by atoms with Crippen LogP contribution >= 0.6 is 0 Å². The Kier molecular flexibility index (Phi) is 4.58. The lowest BCUT2D eigenvalue weighted by Crippen LogP contribution is -2.24. The highest BCUT2D eigenvalue weighted by Gasteiger charge is 2.04. The van der Waals surface area contributed by atoms with Crippen LogP contribution in [0.3, 0.4) is 0 Å². The van der Waals surface area contributed by atoms with Gasteiger partial charge in [-0.1, -0.05) is 5.57 Å². The van der Waals surface area contributed by atoms with Crippen LogP contribution in [0.2, 0.25) is 0 Å². The second-order valence-corrected chi connectivity index (χ2v) is 3.69. The Morgan fingerprint density at radius 2 is 2.00 bits per heavy atom. The number of amides is 1. The molecule has 0 heterocycles. The van der Waals surface area contributed by atoms with E-state index in [0.29, 0.717) is 12.1 Å². The summed E-state index contributed by atoms with van der Waals surface area (Å²) in [5.74, 6) is 0.683. The Bertz CT molecular complexity index is 368. The standard InChI is InChI=1S/C13H17NO2/c1-10(2)8-9-14-13(15)11-4-6-12(16-3)7-5-11/h4-7H,1,8-9H2,2-3H3,(H,14,15). The van der Waals surface area contributed by atoms with Crippen molar-refractivity contribution in [1.82, 2.24) is 5.32 Å². The summed E-state index contributed by atoms with van der Waals surface area (Å²) in [5.41, 5.74) is 1.71. The predicted molar refractivity (Wildman–Crippen MR) is 64.8 cm³/mol. The van der Waals surface area contributed by atoms with Crippen LogP contribution in [0.25, 0.3) is 0 Å². The van der Waals surface area contributed by atoms with Gasteiger partial charge in [-0.05, 0) is 37.6 Å². The van der Waals surface area contributed by atoms with Crippen molar-refractivity contribution in [2.75, 3.05) is 13.7 Å². The maximum absolute atomic E-state index is 11.6. The van der Waals surface area contributed by atoms with Crippen LogP contribution in [-0.4, -0.2) is 19.6 Å².